The molecule has 5 heteroatoms. The van der Waals surface area contributed by atoms with Crippen LogP contribution in [0.1, 0.15) is 12.8 Å². The fourth-order valence-corrected chi connectivity index (χ4v) is 1.43. The van der Waals surface area contributed by atoms with Crippen LogP contribution in [0.4, 0.5) is 0 Å². The van der Waals surface area contributed by atoms with E-state index in [0.717, 1.165) is 31.0 Å². The first kappa shape index (κ1) is 14.3. The van der Waals surface area contributed by atoms with Gasteiger partial charge in [0.05, 0.1) is 7.11 Å². The van der Waals surface area contributed by atoms with Gasteiger partial charge in [-0.2, -0.15) is 0 Å². The molecule has 0 aromatic heterocycles. The van der Waals surface area contributed by atoms with Crippen molar-refractivity contribution >= 4 is 5.91 Å². The third-order valence-corrected chi connectivity index (χ3v) is 2.38. The average molecular weight is 252 g/mol. The van der Waals surface area contributed by atoms with Crippen LogP contribution in [0.2, 0.25) is 0 Å². The second-order valence-corrected chi connectivity index (χ2v) is 3.84. The lowest BCUT2D eigenvalue weighted by molar-refractivity contribution is -0.118. The smallest absolute Gasteiger partial charge is 0.217 e. The van der Waals surface area contributed by atoms with Gasteiger partial charge in [0.2, 0.25) is 5.91 Å². The number of carbonyl (C=O) groups excluding carboxylic acids is 1. The molecule has 5 nitrogen and oxygen atoms in total. The summed E-state index contributed by atoms with van der Waals surface area (Å²) in [6.45, 7) is 2.10. The average Bonchev–Trinajstić information content (AvgIpc) is 2.38. The number of nitrogens with two attached hydrogens (primary N) is 1. The second kappa shape index (κ2) is 8.36. The van der Waals surface area contributed by atoms with Crippen molar-refractivity contribution in [3.63, 3.8) is 0 Å². The number of ether oxygens (including phenoxy) is 2. The Balaban J connectivity index is 2.05. The molecule has 0 heterocycles. The van der Waals surface area contributed by atoms with E-state index in [1.807, 2.05) is 24.3 Å². The van der Waals surface area contributed by atoms with Gasteiger partial charge in [-0.05, 0) is 37.2 Å². The van der Waals surface area contributed by atoms with E-state index in [-0.39, 0.29) is 5.91 Å². The zero-order valence-corrected chi connectivity index (χ0v) is 10.6. The molecule has 1 rings (SSSR count). The van der Waals surface area contributed by atoms with Gasteiger partial charge in [0, 0.05) is 13.0 Å². The summed E-state index contributed by atoms with van der Waals surface area (Å²) in [5.74, 6) is 1.37. The summed E-state index contributed by atoms with van der Waals surface area (Å²) in [6.07, 6.45) is 1.18. The van der Waals surface area contributed by atoms with Gasteiger partial charge >= 0.3 is 0 Å². The minimum absolute atomic E-state index is 0.258. The number of rotatable bonds is 9. The summed E-state index contributed by atoms with van der Waals surface area (Å²) in [5.41, 5.74) is 5.03. The Morgan fingerprint density at radius 1 is 1.22 bits per heavy atom. The molecule has 3 N–H and O–H groups in total. The van der Waals surface area contributed by atoms with E-state index in [1.165, 1.54) is 0 Å². The zero-order valence-electron chi connectivity index (χ0n) is 10.6. The third-order valence-electron chi connectivity index (χ3n) is 2.38. The summed E-state index contributed by atoms with van der Waals surface area (Å²) in [4.78, 5) is 10.5. The van der Waals surface area contributed by atoms with Crippen LogP contribution in [0.15, 0.2) is 24.3 Å². The first-order chi connectivity index (χ1) is 8.72. The molecule has 0 atom stereocenters. The van der Waals surface area contributed by atoms with E-state index in [2.05, 4.69) is 5.32 Å². The van der Waals surface area contributed by atoms with Gasteiger partial charge in [-0.3, -0.25) is 4.79 Å². The molecule has 0 fully saturated rings. The number of hydrogen-bond donors (Lipinski definition) is 2. The van der Waals surface area contributed by atoms with Gasteiger partial charge in [-0.15, -0.1) is 0 Å². The molecule has 0 spiro atoms. The number of carbonyl (C=O) groups is 1. The van der Waals surface area contributed by atoms with Crippen molar-refractivity contribution in [2.45, 2.75) is 12.8 Å². The standard InChI is InChI=1S/C13H20N2O3/c1-17-11-4-6-12(7-5-11)18-10-9-15-8-2-3-13(14)16/h4-7,15H,2-3,8-10H2,1H3,(H2,14,16). The second-order valence-electron chi connectivity index (χ2n) is 3.84. The summed E-state index contributed by atoms with van der Waals surface area (Å²) in [6, 6.07) is 7.45. The van der Waals surface area contributed by atoms with Gasteiger partial charge < -0.3 is 20.5 Å². The quantitative estimate of drug-likeness (QED) is 0.641. The van der Waals surface area contributed by atoms with Crippen LogP contribution in [0, 0.1) is 0 Å². The van der Waals surface area contributed by atoms with Gasteiger partial charge in [0.25, 0.3) is 0 Å². The van der Waals surface area contributed by atoms with Crippen LogP contribution >= 0.6 is 0 Å². The number of nitrogens with one attached hydrogen (secondary N) is 1. The maximum absolute atomic E-state index is 10.5. The lowest BCUT2D eigenvalue weighted by atomic mass is 10.3. The van der Waals surface area contributed by atoms with Crippen molar-refractivity contribution in [1.29, 1.82) is 0 Å². The minimum Gasteiger partial charge on any atom is -0.497 e. The topological polar surface area (TPSA) is 73.6 Å². The van der Waals surface area contributed by atoms with Gasteiger partial charge in [0.1, 0.15) is 18.1 Å². The molecular weight excluding hydrogens is 232 g/mol. The summed E-state index contributed by atoms with van der Waals surface area (Å²) in [5, 5.41) is 3.18. The lowest BCUT2D eigenvalue weighted by Crippen LogP contribution is -2.23. The highest BCUT2D eigenvalue weighted by atomic mass is 16.5. The first-order valence-electron chi connectivity index (χ1n) is 5.98. The van der Waals surface area contributed by atoms with Crippen LogP contribution in [-0.2, 0) is 4.79 Å². The monoisotopic (exact) mass is 252 g/mol. The third kappa shape index (κ3) is 6.10. The predicted molar refractivity (Wildman–Crippen MR) is 69.8 cm³/mol. The van der Waals surface area contributed by atoms with Crippen molar-refractivity contribution in [1.82, 2.24) is 5.32 Å². The van der Waals surface area contributed by atoms with E-state index in [9.17, 15) is 4.79 Å². The molecule has 0 saturated carbocycles. The molecule has 1 aromatic rings. The van der Waals surface area contributed by atoms with Crippen molar-refractivity contribution in [2.75, 3.05) is 26.8 Å². The van der Waals surface area contributed by atoms with Gasteiger partial charge in [0.15, 0.2) is 0 Å². The van der Waals surface area contributed by atoms with Crippen molar-refractivity contribution in [3.8, 4) is 11.5 Å². The molecule has 0 aliphatic rings. The fourth-order valence-electron chi connectivity index (χ4n) is 1.43. The van der Waals surface area contributed by atoms with E-state index in [0.29, 0.717) is 13.0 Å². The molecular formula is C13H20N2O3. The maximum atomic E-state index is 10.5. The lowest BCUT2D eigenvalue weighted by Gasteiger charge is -2.07. The predicted octanol–water partition coefficient (Wildman–Crippen LogP) is 0.929. The van der Waals surface area contributed by atoms with Crippen LogP contribution in [0.5, 0.6) is 11.5 Å². The van der Waals surface area contributed by atoms with Crippen molar-refractivity contribution in [2.24, 2.45) is 5.73 Å². The Morgan fingerprint density at radius 2 is 1.89 bits per heavy atom. The molecule has 0 saturated heterocycles. The van der Waals surface area contributed by atoms with E-state index in [1.54, 1.807) is 7.11 Å². The van der Waals surface area contributed by atoms with Crippen molar-refractivity contribution < 1.29 is 14.3 Å². The largest absolute Gasteiger partial charge is 0.497 e. The molecule has 0 aliphatic heterocycles. The van der Waals surface area contributed by atoms with Crippen LogP contribution < -0.4 is 20.5 Å². The highest BCUT2D eigenvalue weighted by molar-refractivity contribution is 5.73. The highest BCUT2D eigenvalue weighted by Crippen LogP contribution is 2.16. The Kier molecular flexibility index (Phi) is 6.64. The molecule has 18 heavy (non-hydrogen) atoms. The Labute approximate surface area is 107 Å². The highest BCUT2D eigenvalue weighted by Gasteiger charge is 1.96. The number of methoxy groups -OCH3 is 1. The van der Waals surface area contributed by atoms with Gasteiger partial charge in [-0.1, -0.05) is 0 Å². The molecule has 0 unspecified atom stereocenters. The number of amides is 1. The zero-order chi connectivity index (χ0) is 13.2. The van der Waals surface area contributed by atoms with E-state index < -0.39 is 0 Å². The number of hydrogen-bond acceptors (Lipinski definition) is 4. The molecule has 0 radical (unpaired) electrons. The Bertz CT molecular complexity index is 352. The Hall–Kier alpha value is -1.75. The maximum Gasteiger partial charge on any atom is 0.217 e. The molecule has 1 aromatic carbocycles. The first-order valence-corrected chi connectivity index (χ1v) is 5.98. The van der Waals surface area contributed by atoms with E-state index in [4.69, 9.17) is 15.2 Å². The van der Waals surface area contributed by atoms with Crippen LogP contribution in [-0.4, -0.2) is 32.7 Å². The number of benzene rings is 1. The fraction of sp³-hybridized carbons (Fsp3) is 0.462. The summed E-state index contributed by atoms with van der Waals surface area (Å²) in [7, 11) is 1.63. The summed E-state index contributed by atoms with van der Waals surface area (Å²) >= 11 is 0. The summed E-state index contributed by atoms with van der Waals surface area (Å²) < 4.78 is 10.6. The molecule has 100 valence electrons. The van der Waals surface area contributed by atoms with Gasteiger partial charge in [-0.25, -0.2) is 0 Å². The normalized spacial score (nSPS) is 10.1. The van der Waals surface area contributed by atoms with E-state index >= 15 is 0 Å². The SMILES string of the molecule is COc1ccc(OCCNCCCC(N)=O)cc1. The minimum atomic E-state index is -0.258. The Morgan fingerprint density at radius 3 is 2.50 bits per heavy atom. The van der Waals surface area contributed by atoms with Crippen molar-refractivity contribution in [3.05, 3.63) is 24.3 Å². The molecule has 1 amide bonds. The number of primary amides is 1. The molecule has 0 bridgehead atoms. The molecule has 0 aliphatic carbocycles. The van der Waals surface area contributed by atoms with Crippen LogP contribution in [0.25, 0.3) is 0 Å². The van der Waals surface area contributed by atoms with Crippen LogP contribution in [0.3, 0.4) is 0 Å².